The van der Waals surface area contributed by atoms with Crippen molar-refractivity contribution in [3.63, 3.8) is 0 Å². The molecule has 1 aliphatic heterocycles. The molecular formula is C31H34F2N4O4S. The topological polar surface area (TPSA) is 126 Å². The van der Waals surface area contributed by atoms with Gasteiger partial charge in [0.15, 0.2) is 0 Å². The van der Waals surface area contributed by atoms with Gasteiger partial charge in [0.1, 0.15) is 23.7 Å². The SMILES string of the molecule is CCCCOC1(C)CC(C(=O)NCc2cc(C#N)cs2)N(C(=O)Cc2ccc(-c3cc(F)cc(F)c3)cc2)C1.NC=O. The summed E-state index contributed by atoms with van der Waals surface area (Å²) in [6.45, 7) is 5.13. The van der Waals surface area contributed by atoms with Crippen LogP contribution in [0.4, 0.5) is 8.78 Å². The van der Waals surface area contributed by atoms with E-state index in [1.54, 1.807) is 40.6 Å². The van der Waals surface area contributed by atoms with Crippen molar-refractivity contribution in [3.8, 4) is 17.2 Å². The maximum Gasteiger partial charge on any atom is 0.243 e. The van der Waals surface area contributed by atoms with Crippen LogP contribution >= 0.6 is 11.3 Å². The molecule has 3 aromatic rings. The van der Waals surface area contributed by atoms with E-state index in [0.717, 1.165) is 29.3 Å². The molecule has 3 N–H and O–H groups in total. The summed E-state index contributed by atoms with van der Waals surface area (Å²) in [5, 5.41) is 13.7. The minimum Gasteiger partial charge on any atom is -0.373 e. The van der Waals surface area contributed by atoms with E-state index in [1.807, 2.05) is 6.92 Å². The molecule has 2 heterocycles. The van der Waals surface area contributed by atoms with Gasteiger partial charge >= 0.3 is 0 Å². The van der Waals surface area contributed by atoms with E-state index in [9.17, 15) is 18.4 Å². The molecule has 222 valence electrons. The molecule has 42 heavy (non-hydrogen) atoms. The van der Waals surface area contributed by atoms with Crippen molar-refractivity contribution in [2.75, 3.05) is 13.2 Å². The molecule has 2 atom stereocenters. The molecule has 2 unspecified atom stereocenters. The number of ether oxygens (including phenoxy) is 1. The summed E-state index contributed by atoms with van der Waals surface area (Å²) in [5.74, 6) is -1.78. The first-order valence-corrected chi connectivity index (χ1v) is 14.4. The Kier molecular flexibility index (Phi) is 11.7. The second kappa shape index (κ2) is 15.2. The van der Waals surface area contributed by atoms with E-state index in [2.05, 4.69) is 24.0 Å². The summed E-state index contributed by atoms with van der Waals surface area (Å²) < 4.78 is 33.4. The van der Waals surface area contributed by atoms with Gasteiger partial charge in [-0.25, -0.2) is 8.78 Å². The van der Waals surface area contributed by atoms with Crippen LogP contribution in [-0.2, 0) is 32.1 Å². The Morgan fingerprint density at radius 3 is 2.45 bits per heavy atom. The first-order valence-electron chi connectivity index (χ1n) is 13.5. The lowest BCUT2D eigenvalue weighted by molar-refractivity contribution is -0.138. The smallest absolute Gasteiger partial charge is 0.243 e. The van der Waals surface area contributed by atoms with E-state index in [1.165, 1.54) is 23.5 Å². The number of nitrogens with zero attached hydrogens (tertiary/aromatic N) is 2. The third-order valence-electron chi connectivity index (χ3n) is 6.80. The number of hydrogen-bond acceptors (Lipinski definition) is 6. The van der Waals surface area contributed by atoms with Crippen LogP contribution in [0.1, 0.15) is 49.1 Å². The maximum atomic E-state index is 13.6. The quantitative estimate of drug-likeness (QED) is 0.259. The molecule has 3 amide bonds. The molecule has 0 spiro atoms. The van der Waals surface area contributed by atoms with Gasteiger partial charge in [-0.2, -0.15) is 5.26 Å². The van der Waals surface area contributed by atoms with Gasteiger partial charge in [0.05, 0.1) is 30.7 Å². The number of likely N-dealkylation sites (tertiary alicyclic amines) is 1. The zero-order chi connectivity index (χ0) is 30.7. The minimum atomic E-state index is -0.686. The molecule has 11 heteroatoms. The first-order chi connectivity index (χ1) is 20.1. The van der Waals surface area contributed by atoms with Gasteiger partial charge in [0, 0.05) is 29.4 Å². The number of nitrogens with one attached hydrogen (secondary N) is 1. The highest BCUT2D eigenvalue weighted by Crippen LogP contribution is 2.32. The largest absolute Gasteiger partial charge is 0.373 e. The predicted molar refractivity (Wildman–Crippen MR) is 156 cm³/mol. The van der Waals surface area contributed by atoms with Crippen LogP contribution in [0, 0.1) is 23.0 Å². The van der Waals surface area contributed by atoms with Gasteiger partial charge in [-0.05, 0) is 48.2 Å². The van der Waals surface area contributed by atoms with Gasteiger partial charge in [0.25, 0.3) is 0 Å². The molecule has 1 aromatic heterocycles. The Morgan fingerprint density at radius 2 is 1.86 bits per heavy atom. The van der Waals surface area contributed by atoms with Gasteiger partial charge in [-0.3, -0.25) is 14.4 Å². The van der Waals surface area contributed by atoms with Crippen molar-refractivity contribution in [3.05, 3.63) is 81.5 Å². The number of unbranched alkanes of at least 4 members (excludes halogenated alkanes) is 1. The number of carbonyl (C=O) groups is 3. The number of amides is 3. The second-order valence-electron chi connectivity index (χ2n) is 10.2. The molecular weight excluding hydrogens is 562 g/mol. The van der Waals surface area contributed by atoms with Gasteiger partial charge < -0.3 is 20.7 Å². The molecule has 1 saturated heterocycles. The average molecular weight is 597 g/mol. The molecule has 4 rings (SSSR count). The zero-order valence-corrected chi connectivity index (χ0v) is 24.4. The molecule has 1 aliphatic rings. The average Bonchev–Trinajstić information content (AvgIpc) is 3.57. The number of nitrogens with two attached hydrogens (primary N) is 1. The third-order valence-corrected chi connectivity index (χ3v) is 7.74. The number of carbonyl (C=O) groups excluding carboxylic acids is 3. The van der Waals surface area contributed by atoms with E-state index >= 15 is 0 Å². The Hall–Kier alpha value is -4.14. The third kappa shape index (κ3) is 8.93. The Morgan fingerprint density at radius 1 is 1.19 bits per heavy atom. The molecule has 0 aliphatic carbocycles. The van der Waals surface area contributed by atoms with Crippen molar-refractivity contribution in [2.45, 2.75) is 57.7 Å². The Labute approximate surface area is 248 Å². The van der Waals surface area contributed by atoms with Crippen LogP contribution in [-0.4, -0.2) is 47.9 Å². The first kappa shape index (κ1) is 32.4. The molecule has 0 radical (unpaired) electrons. The van der Waals surface area contributed by atoms with E-state index in [0.29, 0.717) is 36.3 Å². The van der Waals surface area contributed by atoms with Crippen LogP contribution in [0.25, 0.3) is 11.1 Å². The minimum absolute atomic E-state index is 0.0725. The summed E-state index contributed by atoms with van der Waals surface area (Å²) in [6.07, 6.45) is 2.57. The highest BCUT2D eigenvalue weighted by molar-refractivity contribution is 7.10. The second-order valence-corrected chi connectivity index (χ2v) is 11.2. The number of hydrogen-bond donors (Lipinski definition) is 2. The highest BCUT2D eigenvalue weighted by Gasteiger charge is 2.46. The van der Waals surface area contributed by atoms with Crippen molar-refractivity contribution in [1.29, 1.82) is 5.26 Å². The number of halogens is 2. The number of rotatable bonds is 10. The van der Waals surface area contributed by atoms with Crippen molar-refractivity contribution >= 4 is 29.6 Å². The summed E-state index contributed by atoms with van der Waals surface area (Å²) in [7, 11) is 0. The molecule has 2 aromatic carbocycles. The van der Waals surface area contributed by atoms with E-state index < -0.39 is 23.3 Å². The summed E-state index contributed by atoms with van der Waals surface area (Å²) in [5.41, 5.74) is 5.84. The van der Waals surface area contributed by atoms with Crippen LogP contribution in [0.3, 0.4) is 0 Å². The highest BCUT2D eigenvalue weighted by atomic mass is 32.1. The maximum absolute atomic E-state index is 13.6. The molecule has 0 bridgehead atoms. The van der Waals surface area contributed by atoms with Crippen LogP contribution < -0.4 is 11.1 Å². The fourth-order valence-corrected chi connectivity index (χ4v) is 5.50. The van der Waals surface area contributed by atoms with Gasteiger partial charge in [0.2, 0.25) is 18.2 Å². The lowest BCUT2D eigenvalue weighted by Crippen LogP contribution is -2.46. The fraction of sp³-hybridized carbons (Fsp3) is 0.355. The number of nitriles is 1. The Bertz CT molecular complexity index is 1400. The summed E-state index contributed by atoms with van der Waals surface area (Å²) in [4.78, 5) is 37.7. The van der Waals surface area contributed by atoms with Crippen molar-refractivity contribution in [1.82, 2.24) is 10.2 Å². The number of benzene rings is 2. The molecule has 8 nitrogen and oxygen atoms in total. The van der Waals surface area contributed by atoms with Crippen molar-refractivity contribution in [2.24, 2.45) is 5.73 Å². The van der Waals surface area contributed by atoms with E-state index in [4.69, 9.17) is 14.8 Å². The fourth-order valence-electron chi connectivity index (χ4n) is 4.75. The predicted octanol–water partition coefficient (Wildman–Crippen LogP) is 4.70. The standard InChI is InChI=1S/C30H31F2N3O3S.CH3NO/c1-3-4-9-38-30(2)15-27(29(37)34-17-26-10-21(16-33)18-39-26)35(19-30)28(36)11-20-5-7-22(8-6-20)23-12-24(31)14-25(32)13-23;2-1-3/h5-8,10,12-14,18,27H,3-4,9,11,15,17,19H2,1-2H3,(H,34,37);1H,(H2,2,3). The Balaban J connectivity index is 0.00000155. The lowest BCUT2D eigenvalue weighted by Gasteiger charge is -2.25. The number of primary amides is 1. The zero-order valence-electron chi connectivity index (χ0n) is 23.6. The van der Waals surface area contributed by atoms with Crippen LogP contribution in [0.15, 0.2) is 53.9 Å². The summed E-state index contributed by atoms with van der Waals surface area (Å²) >= 11 is 1.40. The normalized spacial score (nSPS) is 17.6. The lowest BCUT2D eigenvalue weighted by atomic mass is 10.0. The monoisotopic (exact) mass is 596 g/mol. The van der Waals surface area contributed by atoms with Crippen LogP contribution in [0.2, 0.25) is 0 Å². The van der Waals surface area contributed by atoms with Crippen molar-refractivity contribution < 1.29 is 27.9 Å². The van der Waals surface area contributed by atoms with Crippen LogP contribution in [0.5, 0.6) is 0 Å². The number of thiophene rings is 1. The van der Waals surface area contributed by atoms with E-state index in [-0.39, 0.29) is 31.2 Å². The molecule has 0 saturated carbocycles. The molecule has 1 fully saturated rings. The van der Waals surface area contributed by atoms with Gasteiger partial charge in [-0.1, -0.05) is 37.6 Å². The summed E-state index contributed by atoms with van der Waals surface area (Å²) in [6, 6.07) is 13.4. The van der Waals surface area contributed by atoms with Gasteiger partial charge in [-0.15, -0.1) is 11.3 Å².